The number of pyridine rings is 1. The first kappa shape index (κ1) is 29.7. The zero-order valence-electron chi connectivity index (χ0n) is 22.2. The number of nitrogens with zero attached hydrogens (tertiary/aromatic N) is 1. The summed E-state index contributed by atoms with van der Waals surface area (Å²) < 4.78 is 0. The fourth-order valence-corrected chi connectivity index (χ4v) is 3.34. The minimum absolute atomic E-state index is 0. The Morgan fingerprint density at radius 1 is 0.882 bits per heavy atom. The Morgan fingerprint density at radius 3 is 2.00 bits per heavy atom. The maximum atomic E-state index is 11.5. The number of aryl methyl sites for hydroxylation is 4. The number of allylic oxidation sites excluding steroid dienone is 2. The predicted octanol–water partition coefficient (Wildman–Crippen LogP) is 8.02. The number of aliphatic hydroxyl groups is 1. The van der Waals surface area contributed by atoms with Gasteiger partial charge in [0.25, 0.3) is 0 Å². The molecule has 1 heterocycles. The maximum Gasteiger partial charge on any atom is 0.164 e. The summed E-state index contributed by atoms with van der Waals surface area (Å²) in [7, 11) is 0. The van der Waals surface area contributed by atoms with E-state index in [2.05, 4.69) is 70.2 Å². The number of fused-ring (bicyclic) bond motifs is 1. The van der Waals surface area contributed by atoms with E-state index in [1.165, 1.54) is 28.2 Å². The van der Waals surface area contributed by atoms with Gasteiger partial charge in [0, 0.05) is 42.4 Å². The third-order valence-electron chi connectivity index (χ3n) is 5.36. The van der Waals surface area contributed by atoms with Crippen LogP contribution in [0.25, 0.3) is 22.2 Å². The zero-order valence-corrected chi connectivity index (χ0v) is 24.6. The summed E-state index contributed by atoms with van der Waals surface area (Å²) in [4.78, 5) is 16.3. The van der Waals surface area contributed by atoms with E-state index in [1.54, 1.807) is 0 Å². The van der Waals surface area contributed by atoms with E-state index < -0.39 is 5.41 Å². The Hall–Kier alpha value is -2.29. The molecule has 0 unspecified atom stereocenters. The molecule has 0 bridgehead atoms. The molecule has 1 N–H and O–H groups in total. The summed E-state index contributed by atoms with van der Waals surface area (Å²) >= 11 is 0. The van der Waals surface area contributed by atoms with Crippen molar-refractivity contribution in [1.29, 1.82) is 0 Å². The van der Waals surface area contributed by atoms with Crippen molar-refractivity contribution in [1.82, 2.24) is 4.98 Å². The molecule has 1 radical (unpaired) electrons. The zero-order chi connectivity index (χ0) is 25.1. The summed E-state index contributed by atoms with van der Waals surface area (Å²) in [6.07, 6.45) is 1.33. The Labute approximate surface area is 219 Å². The first-order chi connectivity index (χ1) is 15.1. The average molecular weight is 637 g/mol. The number of hydrogen-bond donors (Lipinski definition) is 1. The Bertz CT molecular complexity index is 1170. The molecule has 2 aromatic carbocycles. The van der Waals surface area contributed by atoms with E-state index in [9.17, 15) is 9.90 Å². The molecule has 0 saturated carbocycles. The van der Waals surface area contributed by atoms with Gasteiger partial charge in [-0.15, -0.1) is 34.9 Å². The SMILES string of the molecule is CC(C)(C)C(=O)/C=C(\O)C(C)(C)C.Cc1[c-]c(-c2ccc3c(C)cc(C)cc3n2)cc(C)c1.[Ir]. The van der Waals surface area contributed by atoms with Gasteiger partial charge in [0.05, 0.1) is 5.52 Å². The molecule has 0 saturated heterocycles. The van der Waals surface area contributed by atoms with Gasteiger partial charge in [0.2, 0.25) is 0 Å². The van der Waals surface area contributed by atoms with Crippen LogP contribution in [0.4, 0.5) is 0 Å². The molecular weight excluding hydrogens is 599 g/mol. The first-order valence-electron chi connectivity index (χ1n) is 11.4. The third kappa shape index (κ3) is 8.18. The molecule has 1 aromatic heterocycles. The van der Waals surface area contributed by atoms with Gasteiger partial charge in [0.1, 0.15) is 5.76 Å². The molecule has 0 amide bonds. The molecule has 0 fully saturated rings. The normalized spacial score (nSPS) is 12.0. The molecule has 3 nitrogen and oxygen atoms in total. The van der Waals surface area contributed by atoms with Gasteiger partial charge >= 0.3 is 0 Å². The van der Waals surface area contributed by atoms with Crippen molar-refractivity contribution in [3.05, 3.63) is 76.6 Å². The molecule has 185 valence electrons. The second-order valence-corrected chi connectivity index (χ2v) is 11.0. The fourth-order valence-electron chi connectivity index (χ4n) is 3.34. The molecule has 34 heavy (non-hydrogen) atoms. The fraction of sp³-hybridized carbons (Fsp3) is 0.400. The first-order valence-corrected chi connectivity index (χ1v) is 11.4. The number of ketones is 1. The number of carbonyl (C=O) groups excluding carboxylic acids is 1. The van der Waals surface area contributed by atoms with Crippen LogP contribution in [0.15, 0.2) is 48.2 Å². The predicted molar refractivity (Wildman–Crippen MR) is 140 cm³/mol. The Kier molecular flexibility index (Phi) is 9.99. The standard InChI is InChI=1S/C19H18N.C11H20O2.Ir/c1-12-7-13(2)10-16(9-12)18-6-5-17-15(4)8-14(3)11-19(17)20-18;1-10(2,3)8(12)7-9(13)11(4,5)6;/h5-9,11H,1-4H3;7,12H,1-6H3;/q-1;;/b;8-7-;. The quantitative estimate of drug-likeness (QED) is 0.176. The van der Waals surface area contributed by atoms with E-state index >= 15 is 0 Å². The van der Waals surface area contributed by atoms with Crippen LogP contribution in [-0.4, -0.2) is 15.9 Å². The van der Waals surface area contributed by atoms with Crippen LogP contribution in [0.2, 0.25) is 0 Å². The Morgan fingerprint density at radius 2 is 1.47 bits per heavy atom. The van der Waals surface area contributed by atoms with Crippen LogP contribution in [-0.2, 0) is 24.9 Å². The molecule has 3 aromatic rings. The van der Waals surface area contributed by atoms with E-state index in [4.69, 9.17) is 4.98 Å². The van der Waals surface area contributed by atoms with Crippen molar-refractivity contribution in [3.63, 3.8) is 0 Å². The number of aliphatic hydroxyl groups excluding tert-OH is 1. The van der Waals surface area contributed by atoms with E-state index in [1.807, 2.05) is 41.5 Å². The molecule has 3 rings (SSSR count). The van der Waals surface area contributed by atoms with E-state index in [0.29, 0.717) is 0 Å². The largest absolute Gasteiger partial charge is 0.512 e. The second kappa shape index (κ2) is 11.4. The third-order valence-corrected chi connectivity index (χ3v) is 5.36. The summed E-state index contributed by atoms with van der Waals surface area (Å²) in [5.41, 5.74) is 7.30. The van der Waals surface area contributed by atoms with Crippen LogP contribution >= 0.6 is 0 Å². The van der Waals surface area contributed by atoms with Gasteiger partial charge in [-0.25, -0.2) is 0 Å². The molecule has 0 aliphatic heterocycles. The number of rotatable bonds is 2. The second-order valence-electron chi connectivity index (χ2n) is 11.0. The Balaban J connectivity index is 0.000000364. The van der Waals surface area contributed by atoms with Crippen LogP contribution in [0.3, 0.4) is 0 Å². The van der Waals surface area contributed by atoms with Crippen LogP contribution in [0.5, 0.6) is 0 Å². The van der Waals surface area contributed by atoms with Gasteiger partial charge in [0.15, 0.2) is 5.78 Å². The number of aromatic nitrogens is 1. The molecule has 4 heteroatoms. The summed E-state index contributed by atoms with van der Waals surface area (Å²) in [6.45, 7) is 19.6. The van der Waals surface area contributed by atoms with Gasteiger partial charge in [-0.05, 0) is 36.7 Å². The van der Waals surface area contributed by atoms with Gasteiger partial charge in [-0.1, -0.05) is 73.6 Å². The monoisotopic (exact) mass is 637 g/mol. The van der Waals surface area contributed by atoms with Crippen molar-refractivity contribution in [3.8, 4) is 11.3 Å². The van der Waals surface area contributed by atoms with Crippen LogP contribution in [0, 0.1) is 44.6 Å². The van der Waals surface area contributed by atoms with Crippen LogP contribution in [0.1, 0.15) is 63.8 Å². The maximum absolute atomic E-state index is 11.5. The van der Waals surface area contributed by atoms with Gasteiger partial charge in [-0.3, -0.25) is 9.78 Å². The van der Waals surface area contributed by atoms with Crippen molar-refractivity contribution in [2.24, 2.45) is 10.8 Å². The molecule has 0 atom stereocenters. The molecule has 0 spiro atoms. The van der Waals surface area contributed by atoms with Crippen molar-refractivity contribution in [2.45, 2.75) is 69.2 Å². The summed E-state index contributed by atoms with van der Waals surface area (Å²) in [5.74, 6) is 0.104. The summed E-state index contributed by atoms with van der Waals surface area (Å²) in [5, 5.41) is 10.8. The minimum Gasteiger partial charge on any atom is -0.512 e. The van der Waals surface area contributed by atoms with Crippen molar-refractivity contribution < 1.29 is 30.0 Å². The minimum atomic E-state index is -0.417. The van der Waals surface area contributed by atoms with Crippen LogP contribution < -0.4 is 0 Å². The number of benzene rings is 2. The summed E-state index contributed by atoms with van der Waals surface area (Å²) in [6, 6.07) is 16.3. The molecular formula is C30H38IrNO2-. The molecule has 0 aliphatic carbocycles. The number of hydrogen-bond acceptors (Lipinski definition) is 3. The van der Waals surface area contributed by atoms with Gasteiger partial charge in [-0.2, -0.15) is 0 Å². The topological polar surface area (TPSA) is 50.2 Å². The smallest absolute Gasteiger partial charge is 0.164 e. The van der Waals surface area contributed by atoms with E-state index in [-0.39, 0.29) is 37.1 Å². The van der Waals surface area contributed by atoms with Gasteiger partial charge < -0.3 is 5.11 Å². The van der Waals surface area contributed by atoms with Crippen molar-refractivity contribution in [2.75, 3.05) is 0 Å². The van der Waals surface area contributed by atoms with Crippen molar-refractivity contribution >= 4 is 16.7 Å². The molecule has 0 aliphatic rings. The van der Waals surface area contributed by atoms with E-state index in [0.717, 1.165) is 22.3 Å². The average Bonchev–Trinajstić information content (AvgIpc) is 2.65. The number of carbonyl (C=O) groups is 1.